The van der Waals surface area contributed by atoms with Gasteiger partial charge < -0.3 is 4.52 Å². The van der Waals surface area contributed by atoms with E-state index in [1.54, 1.807) is 56.3 Å². The highest BCUT2D eigenvalue weighted by Gasteiger charge is 2.39. The first-order chi connectivity index (χ1) is 18.1. The van der Waals surface area contributed by atoms with Crippen LogP contribution in [-0.2, 0) is 0 Å². The predicted molar refractivity (Wildman–Crippen MR) is 136 cm³/mol. The first kappa shape index (κ1) is 28.0. The van der Waals surface area contributed by atoms with Gasteiger partial charge in [0.25, 0.3) is 0 Å². The zero-order valence-electron chi connectivity index (χ0n) is 20.0. The highest BCUT2D eigenvalue weighted by molar-refractivity contribution is 7.80. The van der Waals surface area contributed by atoms with E-state index in [9.17, 15) is 22.0 Å². The molecule has 0 radical (unpaired) electrons. The molecule has 198 valence electrons. The zero-order valence-corrected chi connectivity index (χ0v) is 21.8. The van der Waals surface area contributed by atoms with Gasteiger partial charge >= 0.3 is 0 Å². The highest BCUT2D eigenvalue weighted by atomic mass is 31.2. The van der Waals surface area contributed by atoms with Gasteiger partial charge in [0.15, 0.2) is 0 Å². The lowest BCUT2D eigenvalue weighted by Crippen LogP contribution is -2.36. The van der Waals surface area contributed by atoms with Crippen LogP contribution in [0.5, 0.6) is 5.75 Å². The molecule has 0 heterocycles. The normalized spacial score (nSPS) is 12.4. The molecule has 0 bridgehead atoms. The van der Waals surface area contributed by atoms with Crippen molar-refractivity contribution in [1.82, 2.24) is 4.44 Å². The standard InChI is InChI=1S/C27H20F7NOP2/c1-16(2)35(37(20-14-8-6-12-18(20)28)21-15-9-7-13-19(21)29)38(17-10-4-3-5-11-17)36-27-25(33)23(31)22(30)24(32)26(27)34/h3-16H,1-2H3. The molecule has 0 spiro atoms. The van der Waals surface area contributed by atoms with Crippen LogP contribution in [0.1, 0.15) is 13.8 Å². The van der Waals surface area contributed by atoms with Crippen molar-refractivity contribution in [3.05, 3.63) is 120 Å². The van der Waals surface area contributed by atoms with E-state index < -0.39 is 68.9 Å². The molecule has 0 aliphatic carbocycles. The fraction of sp³-hybridized carbons (Fsp3) is 0.111. The Bertz CT molecular complexity index is 1360. The number of benzene rings is 4. The SMILES string of the molecule is CC(C)N(P(Oc1c(F)c(F)c(F)c(F)c1F)c1ccccc1)P(c1ccccc1F)c1ccccc1F. The molecule has 38 heavy (non-hydrogen) atoms. The average Bonchev–Trinajstić information content (AvgIpc) is 2.91. The Labute approximate surface area is 217 Å². The van der Waals surface area contributed by atoms with Crippen molar-refractivity contribution in [3.63, 3.8) is 0 Å². The lowest BCUT2D eigenvalue weighted by molar-refractivity contribution is 0.350. The third-order valence-corrected chi connectivity index (χ3v) is 10.8. The van der Waals surface area contributed by atoms with E-state index in [0.717, 1.165) is 0 Å². The Morgan fingerprint density at radius 1 is 0.579 bits per heavy atom. The van der Waals surface area contributed by atoms with Crippen LogP contribution in [0.25, 0.3) is 0 Å². The maximum absolute atomic E-state index is 15.2. The lowest BCUT2D eigenvalue weighted by atomic mass is 10.3. The van der Waals surface area contributed by atoms with Crippen molar-refractivity contribution < 1.29 is 35.3 Å². The van der Waals surface area contributed by atoms with E-state index in [1.807, 2.05) is 0 Å². The summed E-state index contributed by atoms with van der Waals surface area (Å²) in [5.41, 5.74) is 0. The highest BCUT2D eigenvalue weighted by Crippen LogP contribution is 2.58. The molecule has 0 amide bonds. The van der Waals surface area contributed by atoms with Gasteiger partial charge in [-0.25, -0.2) is 26.4 Å². The van der Waals surface area contributed by atoms with Crippen LogP contribution < -0.4 is 20.4 Å². The van der Waals surface area contributed by atoms with Gasteiger partial charge in [-0.05, 0) is 50.2 Å². The van der Waals surface area contributed by atoms with Crippen LogP contribution in [0.3, 0.4) is 0 Å². The maximum Gasteiger partial charge on any atom is 0.207 e. The van der Waals surface area contributed by atoms with Crippen molar-refractivity contribution >= 4 is 32.3 Å². The number of nitrogens with zero attached hydrogens (tertiary/aromatic N) is 1. The van der Waals surface area contributed by atoms with Crippen molar-refractivity contribution in [3.8, 4) is 5.75 Å². The van der Waals surface area contributed by atoms with Crippen LogP contribution in [0.15, 0.2) is 78.9 Å². The molecule has 0 aromatic heterocycles. The lowest BCUT2D eigenvalue weighted by Gasteiger charge is -2.40. The van der Waals surface area contributed by atoms with Crippen LogP contribution in [-0.4, -0.2) is 10.5 Å². The van der Waals surface area contributed by atoms with Crippen LogP contribution in [0.2, 0.25) is 0 Å². The molecule has 0 saturated heterocycles. The van der Waals surface area contributed by atoms with Crippen molar-refractivity contribution in [2.45, 2.75) is 19.9 Å². The van der Waals surface area contributed by atoms with Crippen LogP contribution in [0, 0.1) is 40.7 Å². The molecule has 4 aromatic carbocycles. The second-order valence-corrected chi connectivity index (χ2v) is 12.2. The quantitative estimate of drug-likeness (QED) is 0.0947. The second kappa shape index (κ2) is 11.8. The summed E-state index contributed by atoms with van der Waals surface area (Å²) in [5.74, 6) is -13.7. The van der Waals surface area contributed by atoms with Crippen molar-refractivity contribution in [2.75, 3.05) is 0 Å². The molecule has 2 nitrogen and oxygen atoms in total. The van der Waals surface area contributed by atoms with Crippen LogP contribution in [0.4, 0.5) is 30.7 Å². The summed E-state index contributed by atoms with van der Waals surface area (Å²) in [5, 5.41) is 0.497. The van der Waals surface area contributed by atoms with Crippen molar-refractivity contribution in [2.24, 2.45) is 0 Å². The van der Waals surface area contributed by atoms with Gasteiger partial charge in [0.2, 0.25) is 43.1 Å². The number of halogens is 7. The van der Waals surface area contributed by atoms with Crippen molar-refractivity contribution in [1.29, 1.82) is 0 Å². The summed E-state index contributed by atoms with van der Waals surface area (Å²) >= 11 is 0. The molecular weight excluding hydrogens is 549 g/mol. The minimum absolute atomic E-state index is 0.0887. The summed E-state index contributed by atoms with van der Waals surface area (Å²) in [6, 6.07) is 18.7. The maximum atomic E-state index is 15.2. The number of hydrogen-bond donors (Lipinski definition) is 0. The Morgan fingerprint density at radius 3 is 1.45 bits per heavy atom. The first-order valence-electron chi connectivity index (χ1n) is 11.3. The fourth-order valence-corrected chi connectivity index (χ4v) is 9.06. The predicted octanol–water partition coefficient (Wildman–Crippen LogP) is 7.43. The molecule has 4 aromatic rings. The van der Waals surface area contributed by atoms with Crippen LogP contribution >= 0.6 is 16.4 Å². The van der Waals surface area contributed by atoms with Gasteiger partial charge in [0.1, 0.15) is 11.6 Å². The average molecular weight is 569 g/mol. The van der Waals surface area contributed by atoms with E-state index >= 15 is 8.78 Å². The van der Waals surface area contributed by atoms with Gasteiger partial charge in [-0.2, -0.15) is 8.78 Å². The third-order valence-electron chi connectivity index (χ3n) is 5.34. The molecular formula is C27H20F7NOP2. The Kier molecular flexibility index (Phi) is 8.71. The summed E-state index contributed by atoms with van der Waals surface area (Å²) < 4.78 is 109. The van der Waals surface area contributed by atoms with E-state index in [-0.39, 0.29) is 10.6 Å². The van der Waals surface area contributed by atoms with E-state index in [0.29, 0.717) is 5.30 Å². The largest absolute Gasteiger partial charge is 0.447 e. The molecule has 1 atom stereocenters. The van der Waals surface area contributed by atoms with Gasteiger partial charge in [-0.15, -0.1) is 0 Å². The minimum atomic E-state index is -2.42. The van der Waals surface area contributed by atoms with Gasteiger partial charge in [-0.1, -0.05) is 42.5 Å². The smallest absolute Gasteiger partial charge is 0.207 e. The van der Waals surface area contributed by atoms with E-state index in [1.165, 1.54) is 40.8 Å². The van der Waals surface area contributed by atoms with Gasteiger partial charge in [0.05, 0.1) is 0 Å². The van der Waals surface area contributed by atoms with E-state index in [4.69, 9.17) is 4.52 Å². The number of hydrogen-bond acceptors (Lipinski definition) is 2. The monoisotopic (exact) mass is 569 g/mol. The molecule has 0 fully saturated rings. The Balaban J connectivity index is 1.99. The van der Waals surface area contributed by atoms with Gasteiger partial charge in [0, 0.05) is 30.0 Å². The molecule has 0 aliphatic heterocycles. The number of rotatable bonds is 8. The fourth-order valence-electron chi connectivity index (χ4n) is 3.64. The summed E-state index contributed by atoms with van der Waals surface area (Å²) in [6.07, 6.45) is 0. The molecule has 11 heteroatoms. The first-order valence-corrected chi connectivity index (χ1v) is 13.8. The minimum Gasteiger partial charge on any atom is -0.447 e. The topological polar surface area (TPSA) is 12.5 Å². The summed E-state index contributed by atoms with van der Waals surface area (Å²) in [6.45, 7) is 3.36. The summed E-state index contributed by atoms with van der Waals surface area (Å²) in [7, 11) is -4.53. The third kappa shape index (κ3) is 5.42. The van der Waals surface area contributed by atoms with Gasteiger partial charge in [-0.3, -0.25) is 0 Å². The zero-order chi connectivity index (χ0) is 27.6. The molecule has 0 N–H and O–H groups in total. The van der Waals surface area contributed by atoms with E-state index in [2.05, 4.69) is 0 Å². The molecule has 4 rings (SSSR count). The molecule has 0 saturated carbocycles. The Morgan fingerprint density at radius 2 is 1.00 bits per heavy atom. The molecule has 0 aliphatic rings. The molecule has 1 unspecified atom stereocenters. The summed E-state index contributed by atoms with van der Waals surface area (Å²) in [4.78, 5) is 0. The second-order valence-electron chi connectivity index (χ2n) is 8.23. The Hall–Kier alpha value is -2.99.